The van der Waals surface area contributed by atoms with Crippen LogP contribution in [-0.2, 0) is 24.0 Å². The number of carboxylic acid groups (broad SMARTS) is 1. The molecule has 0 aromatic heterocycles. The topological polar surface area (TPSA) is 246 Å². The second kappa shape index (κ2) is 16.9. The van der Waals surface area contributed by atoms with E-state index in [4.69, 9.17) is 28.0 Å². The summed E-state index contributed by atoms with van der Waals surface area (Å²) in [6.07, 6.45) is 2.75. The lowest BCUT2D eigenvalue weighted by Gasteiger charge is -2.24. The molecule has 0 aliphatic carbocycles. The minimum atomic E-state index is -1.24. The van der Waals surface area contributed by atoms with Crippen LogP contribution in [0.25, 0.3) is 0 Å². The summed E-state index contributed by atoms with van der Waals surface area (Å²) in [6, 6.07) is -3.07. The van der Waals surface area contributed by atoms with E-state index < -0.39 is 54.3 Å². The summed E-state index contributed by atoms with van der Waals surface area (Å²) in [5.41, 5.74) is 21.9. The number of carboxylic acids is 1. The Morgan fingerprint density at radius 2 is 1.28 bits per heavy atom. The summed E-state index contributed by atoms with van der Waals surface area (Å²) in [5.74, 6) is -3.88. The largest absolute Gasteiger partial charge is 0.480 e. The fraction of sp³-hybridized carbons (Fsp3) is 0.737. The molecule has 0 fully saturated rings. The van der Waals surface area contributed by atoms with E-state index in [0.29, 0.717) is 45.2 Å². The molecular formula is C19H37N7O6. The average molecular weight is 460 g/mol. The van der Waals surface area contributed by atoms with Gasteiger partial charge in [0, 0.05) is 6.42 Å². The second-order valence-corrected chi connectivity index (χ2v) is 7.41. The Hall–Kier alpha value is -2.77. The van der Waals surface area contributed by atoms with Crippen molar-refractivity contribution >= 4 is 29.6 Å². The standard InChI is InChI=1S/C19H37N7O6/c20-9-3-1-5-12(22)17(30)25-14(7-8-15(23)27)19(32)26-13(6-2-4-10-21)18(31)24-11-16(28)29/h12-14H,1-11,20-22H2,(H2,23,27)(H,24,31)(H,25,30)(H,26,32)(H,28,29). The predicted octanol–water partition coefficient (Wildman–Crippen LogP) is -2.99. The highest BCUT2D eigenvalue weighted by atomic mass is 16.4. The molecule has 0 heterocycles. The van der Waals surface area contributed by atoms with Crippen molar-refractivity contribution in [3.8, 4) is 0 Å². The highest BCUT2D eigenvalue weighted by Gasteiger charge is 2.28. The minimum absolute atomic E-state index is 0.0886. The van der Waals surface area contributed by atoms with Crippen LogP contribution in [0.2, 0.25) is 0 Å². The number of carbonyl (C=O) groups is 5. The molecule has 0 spiro atoms. The number of unbranched alkanes of at least 4 members (excludes halogenated alkanes) is 2. The van der Waals surface area contributed by atoms with Gasteiger partial charge in [-0.1, -0.05) is 6.42 Å². The van der Waals surface area contributed by atoms with Crippen LogP contribution in [0.15, 0.2) is 0 Å². The van der Waals surface area contributed by atoms with Crippen LogP contribution in [0.3, 0.4) is 0 Å². The number of nitrogens with one attached hydrogen (secondary N) is 3. The Kier molecular flexibility index (Phi) is 15.4. The van der Waals surface area contributed by atoms with Crippen molar-refractivity contribution in [2.75, 3.05) is 19.6 Å². The molecule has 13 heteroatoms. The number of amides is 4. The molecule has 184 valence electrons. The maximum absolute atomic E-state index is 12.8. The molecule has 0 aliphatic heterocycles. The third kappa shape index (κ3) is 13.5. The fourth-order valence-electron chi connectivity index (χ4n) is 2.79. The molecule has 0 rings (SSSR count). The molecule has 32 heavy (non-hydrogen) atoms. The van der Waals surface area contributed by atoms with Gasteiger partial charge in [-0.3, -0.25) is 24.0 Å². The van der Waals surface area contributed by atoms with E-state index in [1.807, 2.05) is 0 Å². The zero-order valence-electron chi connectivity index (χ0n) is 18.3. The Labute approximate surface area is 187 Å². The van der Waals surface area contributed by atoms with Gasteiger partial charge in [-0.25, -0.2) is 0 Å². The van der Waals surface area contributed by atoms with Gasteiger partial charge in [0.05, 0.1) is 6.04 Å². The maximum atomic E-state index is 12.8. The Balaban J connectivity index is 5.22. The number of aliphatic carboxylic acids is 1. The number of carbonyl (C=O) groups excluding carboxylic acids is 4. The smallest absolute Gasteiger partial charge is 0.322 e. The van der Waals surface area contributed by atoms with Crippen LogP contribution in [0.1, 0.15) is 51.4 Å². The van der Waals surface area contributed by atoms with Gasteiger partial charge in [0.25, 0.3) is 0 Å². The van der Waals surface area contributed by atoms with E-state index in [9.17, 15) is 24.0 Å². The Morgan fingerprint density at radius 3 is 1.81 bits per heavy atom. The Bertz CT molecular complexity index is 631. The monoisotopic (exact) mass is 459 g/mol. The molecule has 0 aromatic rings. The lowest BCUT2D eigenvalue weighted by Crippen LogP contribution is -2.56. The van der Waals surface area contributed by atoms with Crippen molar-refractivity contribution in [1.82, 2.24) is 16.0 Å². The molecule has 13 nitrogen and oxygen atoms in total. The lowest BCUT2D eigenvalue weighted by atomic mass is 10.0. The average Bonchev–Trinajstić information content (AvgIpc) is 2.73. The van der Waals surface area contributed by atoms with Crippen LogP contribution < -0.4 is 38.9 Å². The van der Waals surface area contributed by atoms with Crippen molar-refractivity contribution in [3.05, 3.63) is 0 Å². The van der Waals surface area contributed by atoms with E-state index in [1.165, 1.54) is 0 Å². The van der Waals surface area contributed by atoms with E-state index in [-0.39, 0.29) is 19.3 Å². The molecule has 3 unspecified atom stereocenters. The first-order chi connectivity index (χ1) is 15.1. The van der Waals surface area contributed by atoms with Crippen LogP contribution >= 0.6 is 0 Å². The predicted molar refractivity (Wildman–Crippen MR) is 117 cm³/mol. The molecule has 12 N–H and O–H groups in total. The summed E-state index contributed by atoms with van der Waals surface area (Å²) in [5, 5.41) is 16.0. The van der Waals surface area contributed by atoms with Gasteiger partial charge in [-0.15, -0.1) is 0 Å². The summed E-state index contributed by atoms with van der Waals surface area (Å²) in [7, 11) is 0. The SMILES string of the molecule is NCCCCC(N)C(=O)NC(CCC(N)=O)C(=O)NC(CCCCN)C(=O)NCC(=O)O. The van der Waals surface area contributed by atoms with Crippen molar-refractivity contribution in [1.29, 1.82) is 0 Å². The zero-order valence-corrected chi connectivity index (χ0v) is 18.3. The molecular weight excluding hydrogens is 422 g/mol. The summed E-state index contributed by atoms with van der Waals surface area (Å²) >= 11 is 0. The molecule has 0 bridgehead atoms. The van der Waals surface area contributed by atoms with Crippen LogP contribution in [-0.4, -0.2) is 72.5 Å². The van der Waals surface area contributed by atoms with Crippen molar-refractivity contribution in [3.63, 3.8) is 0 Å². The first-order valence-corrected chi connectivity index (χ1v) is 10.7. The first kappa shape index (κ1) is 29.2. The molecule has 3 atom stereocenters. The van der Waals surface area contributed by atoms with Crippen molar-refractivity contribution in [2.24, 2.45) is 22.9 Å². The summed E-state index contributed by atoms with van der Waals surface area (Å²) < 4.78 is 0. The fourth-order valence-corrected chi connectivity index (χ4v) is 2.79. The lowest BCUT2D eigenvalue weighted by molar-refractivity contribution is -0.138. The van der Waals surface area contributed by atoms with Crippen molar-refractivity contribution < 1.29 is 29.1 Å². The number of hydrogen-bond acceptors (Lipinski definition) is 8. The van der Waals surface area contributed by atoms with Crippen LogP contribution in [0.5, 0.6) is 0 Å². The molecule has 0 saturated heterocycles. The Morgan fingerprint density at radius 1 is 0.750 bits per heavy atom. The molecule has 4 amide bonds. The number of primary amides is 1. The third-order valence-corrected chi connectivity index (χ3v) is 4.61. The number of rotatable bonds is 18. The molecule has 0 aliphatic rings. The van der Waals surface area contributed by atoms with E-state index >= 15 is 0 Å². The van der Waals surface area contributed by atoms with Gasteiger partial charge in [0.2, 0.25) is 23.6 Å². The number of hydrogen-bond donors (Lipinski definition) is 8. The van der Waals surface area contributed by atoms with Gasteiger partial charge < -0.3 is 44.0 Å². The van der Waals surface area contributed by atoms with Gasteiger partial charge >= 0.3 is 5.97 Å². The summed E-state index contributed by atoms with van der Waals surface area (Å²) in [4.78, 5) is 59.4. The maximum Gasteiger partial charge on any atom is 0.322 e. The van der Waals surface area contributed by atoms with Crippen LogP contribution in [0, 0.1) is 0 Å². The second-order valence-electron chi connectivity index (χ2n) is 7.41. The highest BCUT2D eigenvalue weighted by Crippen LogP contribution is 2.05. The zero-order chi connectivity index (χ0) is 24.5. The third-order valence-electron chi connectivity index (χ3n) is 4.61. The molecule has 0 radical (unpaired) electrons. The molecule has 0 saturated carbocycles. The highest BCUT2D eigenvalue weighted by molar-refractivity contribution is 5.93. The molecule has 0 aromatic carbocycles. The van der Waals surface area contributed by atoms with Gasteiger partial charge in [-0.2, -0.15) is 0 Å². The quantitative estimate of drug-likeness (QED) is 0.0972. The van der Waals surface area contributed by atoms with Gasteiger partial charge in [0.1, 0.15) is 18.6 Å². The van der Waals surface area contributed by atoms with E-state index in [0.717, 1.165) is 0 Å². The van der Waals surface area contributed by atoms with Gasteiger partial charge in [0.15, 0.2) is 0 Å². The van der Waals surface area contributed by atoms with Gasteiger partial charge in [-0.05, 0) is 51.6 Å². The minimum Gasteiger partial charge on any atom is -0.480 e. The van der Waals surface area contributed by atoms with E-state index in [2.05, 4.69) is 16.0 Å². The van der Waals surface area contributed by atoms with E-state index in [1.54, 1.807) is 0 Å². The summed E-state index contributed by atoms with van der Waals surface area (Å²) in [6.45, 7) is 0.242. The van der Waals surface area contributed by atoms with Crippen LogP contribution in [0.4, 0.5) is 0 Å². The van der Waals surface area contributed by atoms with Crippen molar-refractivity contribution in [2.45, 2.75) is 69.5 Å². The normalized spacial score (nSPS) is 13.5. The number of nitrogens with two attached hydrogens (primary N) is 4. The first-order valence-electron chi connectivity index (χ1n) is 10.7.